The van der Waals surface area contributed by atoms with Crippen LogP contribution in [0.5, 0.6) is 5.75 Å². The van der Waals surface area contributed by atoms with Crippen molar-refractivity contribution in [3.05, 3.63) is 112 Å². The van der Waals surface area contributed by atoms with Crippen LogP contribution in [0.3, 0.4) is 0 Å². The molecule has 1 aromatic heterocycles. The number of nitrogens with one attached hydrogen (secondary N) is 1. The number of benzene rings is 3. The van der Waals surface area contributed by atoms with Gasteiger partial charge in [0.15, 0.2) is 0 Å². The van der Waals surface area contributed by atoms with Crippen LogP contribution in [-0.2, 0) is 17.9 Å². The lowest BCUT2D eigenvalue weighted by atomic mass is 10.1. The van der Waals surface area contributed by atoms with E-state index in [4.69, 9.17) is 21.1 Å². The first-order chi connectivity index (χ1) is 16.5. The van der Waals surface area contributed by atoms with E-state index >= 15 is 0 Å². The zero-order chi connectivity index (χ0) is 23.9. The summed E-state index contributed by atoms with van der Waals surface area (Å²) in [6.45, 7) is 0.663. The number of aromatic nitrogens is 2. The third kappa shape index (κ3) is 5.82. The maximum absolute atomic E-state index is 12.8. The number of amides is 1. The number of anilines is 1. The smallest absolute Gasteiger partial charge is 0.338 e. The number of hydrogen-bond donors (Lipinski definition) is 1. The molecule has 0 spiro atoms. The number of halogens is 1. The van der Waals surface area contributed by atoms with E-state index in [0.29, 0.717) is 40.7 Å². The molecule has 1 N–H and O–H groups in total. The Bertz CT molecular complexity index is 1320. The van der Waals surface area contributed by atoms with Crippen LogP contribution >= 0.6 is 11.6 Å². The minimum atomic E-state index is -0.407. The highest BCUT2D eigenvalue weighted by atomic mass is 35.5. The maximum atomic E-state index is 12.8. The molecule has 0 aliphatic carbocycles. The second-order valence-corrected chi connectivity index (χ2v) is 7.91. The Hall–Kier alpha value is -4.10. The van der Waals surface area contributed by atoms with Gasteiger partial charge in [0.05, 0.1) is 31.1 Å². The molecule has 172 valence electrons. The molecule has 0 saturated carbocycles. The van der Waals surface area contributed by atoms with Crippen LogP contribution in [0.4, 0.5) is 5.69 Å². The standard InChI is InChI=1S/C26H22ClN3O4/c1-33-26(32)24-11-3-2-7-20(24)15-30-16-22(14-28-30)29-25(31)19-8-4-6-18(12-19)17-34-23-10-5-9-21(27)13-23/h2-14,16H,15,17H2,1H3,(H,29,31). The molecule has 0 radical (unpaired) electrons. The lowest BCUT2D eigenvalue weighted by Gasteiger charge is -2.09. The van der Waals surface area contributed by atoms with E-state index in [2.05, 4.69) is 10.4 Å². The van der Waals surface area contributed by atoms with E-state index in [9.17, 15) is 9.59 Å². The molecule has 1 heterocycles. The lowest BCUT2D eigenvalue weighted by molar-refractivity contribution is 0.0599. The Morgan fingerprint density at radius 3 is 2.68 bits per heavy atom. The average Bonchev–Trinajstić information content (AvgIpc) is 3.29. The highest BCUT2D eigenvalue weighted by Gasteiger charge is 2.13. The van der Waals surface area contributed by atoms with Gasteiger partial charge in [-0.25, -0.2) is 4.79 Å². The molecule has 7 nitrogen and oxygen atoms in total. The number of methoxy groups -OCH3 is 1. The molecule has 0 aliphatic heterocycles. The van der Waals surface area contributed by atoms with E-state index in [0.717, 1.165) is 11.1 Å². The molecule has 0 bridgehead atoms. The molecule has 4 rings (SSSR count). The van der Waals surface area contributed by atoms with Gasteiger partial charge in [0.2, 0.25) is 0 Å². The molecule has 0 fully saturated rings. The second-order valence-electron chi connectivity index (χ2n) is 7.48. The summed E-state index contributed by atoms with van der Waals surface area (Å²) in [4.78, 5) is 24.7. The van der Waals surface area contributed by atoms with Gasteiger partial charge in [-0.15, -0.1) is 0 Å². The van der Waals surface area contributed by atoms with Gasteiger partial charge in [-0.2, -0.15) is 5.10 Å². The number of carbonyl (C=O) groups is 2. The minimum Gasteiger partial charge on any atom is -0.489 e. The van der Waals surface area contributed by atoms with Gasteiger partial charge in [-0.05, 0) is 47.5 Å². The summed E-state index contributed by atoms with van der Waals surface area (Å²) in [5, 5.41) is 7.74. The highest BCUT2D eigenvalue weighted by Crippen LogP contribution is 2.19. The molecule has 3 aromatic carbocycles. The Kier molecular flexibility index (Phi) is 7.25. The zero-order valence-electron chi connectivity index (χ0n) is 18.4. The minimum absolute atomic E-state index is 0.265. The van der Waals surface area contributed by atoms with Crippen LogP contribution in [0.15, 0.2) is 85.2 Å². The van der Waals surface area contributed by atoms with Crippen LogP contribution in [0.2, 0.25) is 5.02 Å². The van der Waals surface area contributed by atoms with Crippen LogP contribution in [0.25, 0.3) is 0 Å². The van der Waals surface area contributed by atoms with Crippen molar-refractivity contribution in [1.82, 2.24) is 9.78 Å². The first kappa shape index (κ1) is 23.1. The van der Waals surface area contributed by atoms with Crippen molar-refractivity contribution in [2.75, 3.05) is 12.4 Å². The quantitative estimate of drug-likeness (QED) is 0.354. The van der Waals surface area contributed by atoms with E-state index in [-0.39, 0.29) is 5.91 Å². The van der Waals surface area contributed by atoms with Crippen LogP contribution in [0.1, 0.15) is 31.8 Å². The van der Waals surface area contributed by atoms with Gasteiger partial charge in [0.25, 0.3) is 5.91 Å². The Morgan fingerprint density at radius 2 is 1.85 bits per heavy atom. The Labute approximate surface area is 201 Å². The Balaban J connectivity index is 1.39. The monoisotopic (exact) mass is 475 g/mol. The molecule has 1 amide bonds. The van der Waals surface area contributed by atoms with E-state index < -0.39 is 5.97 Å². The fourth-order valence-corrected chi connectivity index (χ4v) is 3.57. The fourth-order valence-electron chi connectivity index (χ4n) is 3.39. The summed E-state index contributed by atoms with van der Waals surface area (Å²) in [5.74, 6) is -0.0156. The zero-order valence-corrected chi connectivity index (χ0v) is 19.2. The van der Waals surface area contributed by atoms with E-state index in [1.54, 1.807) is 59.5 Å². The number of carbonyl (C=O) groups excluding carboxylic acids is 2. The average molecular weight is 476 g/mol. The molecule has 0 atom stereocenters. The summed E-state index contributed by atoms with van der Waals surface area (Å²) in [6, 6.07) is 21.5. The molecule has 34 heavy (non-hydrogen) atoms. The molecule has 0 aliphatic rings. The van der Waals surface area contributed by atoms with Gasteiger partial charge in [0, 0.05) is 16.8 Å². The second kappa shape index (κ2) is 10.7. The van der Waals surface area contributed by atoms with Gasteiger partial charge in [-0.3, -0.25) is 9.48 Å². The molecular weight excluding hydrogens is 454 g/mol. The van der Waals surface area contributed by atoms with Crippen molar-refractivity contribution in [2.24, 2.45) is 0 Å². The summed E-state index contributed by atoms with van der Waals surface area (Å²) in [7, 11) is 1.35. The largest absolute Gasteiger partial charge is 0.489 e. The number of nitrogens with zero attached hydrogens (tertiary/aromatic N) is 2. The predicted molar refractivity (Wildman–Crippen MR) is 129 cm³/mol. The third-order valence-corrected chi connectivity index (χ3v) is 5.27. The van der Waals surface area contributed by atoms with Crippen molar-refractivity contribution in [1.29, 1.82) is 0 Å². The van der Waals surface area contributed by atoms with Crippen molar-refractivity contribution in [3.8, 4) is 5.75 Å². The summed E-state index contributed by atoms with van der Waals surface area (Å²) < 4.78 is 12.2. The van der Waals surface area contributed by atoms with Crippen molar-refractivity contribution >= 4 is 29.2 Å². The predicted octanol–water partition coefficient (Wildman–Crippen LogP) is 5.20. The van der Waals surface area contributed by atoms with Crippen LogP contribution in [-0.4, -0.2) is 28.8 Å². The van der Waals surface area contributed by atoms with E-state index in [1.807, 2.05) is 30.3 Å². The number of hydrogen-bond acceptors (Lipinski definition) is 5. The first-order valence-electron chi connectivity index (χ1n) is 10.5. The molecule has 0 unspecified atom stereocenters. The van der Waals surface area contributed by atoms with Crippen molar-refractivity contribution in [2.45, 2.75) is 13.2 Å². The maximum Gasteiger partial charge on any atom is 0.338 e. The summed E-state index contributed by atoms with van der Waals surface area (Å²) >= 11 is 5.99. The Morgan fingerprint density at radius 1 is 1.03 bits per heavy atom. The van der Waals surface area contributed by atoms with Crippen molar-refractivity contribution < 1.29 is 19.1 Å². The number of esters is 1. The first-order valence-corrected chi connectivity index (χ1v) is 10.9. The van der Waals surface area contributed by atoms with Crippen LogP contribution < -0.4 is 10.1 Å². The third-order valence-electron chi connectivity index (χ3n) is 5.04. The molecule has 0 saturated heterocycles. The summed E-state index contributed by atoms with van der Waals surface area (Å²) in [6.07, 6.45) is 3.27. The highest BCUT2D eigenvalue weighted by molar-refractivity contribution is 6.30. The molecule has 8 heteroatoms. The molecule has 4 aromatic rings. The van der Waals surface area contributed by atoms with Crippen LogP contribution in [0, 0.1) is 0 Å². The SMILES string of the molecule is COC(=O)c1ccccc1Cn1cc(NC(=O)c2cccc(COc3cccc(Cl)c3)c2)cn1. The summed E-state index contributed by atoms with van der Waals surface area (Å²) in [5.41, 5.74) is 3.13. The number of rotatable bonds is 8. The lowest BCUT2D eigenvalue weighted by Crippen LogP contribution is -2.12. The topological polar surface area (TPSA) is 82.5 Å². The van der Waals surface area contributed by atoms with Gasteiger partial charge < -0.3 is 14.8 Å². The van der Waals surface area contributed by atoms with Gasteiger partial charge in [0.1, 0.15) is 12.4 Å². The van der Waals surface area contributed by atoms with E-state index in [1.165, 1.54) is 7.11 Å². The normalized spacial score (nSPS) is 10.5. The van der Waals surface area contributed by atoms with Crippen molar-refractivity contribution in [3.63, 3.8) is 0 Å². The molecular formula is C26H22ClN3O4. The fraction of sp³-hybridized carbons (Fsp3) is 0.115. The van der Waals surface area contributed by atoms with Gasteiger partial charge in [-0.1, -0.05) is 48.0 Å². The number of ether oxygens (including phenoxy) is 2. The van der Waals surface area contributed by atoms with Gasteiger partial charge >= 0.3 is 5.97 Å².